The monoisotopic (exact) mass is 274 g/mol. The van der Waals surface area contributed by atoms with Crippen LogP contribution in [-0.2, 0) is 6.42 Å². The van der Waals surface area contributed by atoms with Crippen molar-refractivity contribution in [1.29, 1.82) is 0 Å². The van der Waals surface area contributed by atoms with Gasteiger partial charge in [-0.05, 0) is 56.7 Å². The van der Waals surface area contributed by atoms with E-state index < -0.39 is 0 Å². The number of nitrogens with zero attached hydrogens (tertiary/aromatic N) is 1. The van der Waals surface area contributed by atoms with E-state index in [0.717, 1.165) is 13.1 Å². The van der Waals surface area contributed by atoms with Gasteiger partial charge in [-0.2, -0.15) is 0 Å². The van der Waals surface area contributed by atoms with Crippen LogP contribution in [0.2, 0.25) is 0 Å². The fourth-order valence-electron chi connectivity index (χ4n) is 3.58. The summed E-state index contributed by atoms with van der Waals surface area (Å²) in [5.74, 6) is 0.632. The third-order valence-electron chi connectivity index (χ3n) is 5.07. The van der Waals surface area contributed by atoms with Gasteiger partial charge < -0.3 is 15.3 Å². The van der Waals surface area contributed by atoms with Crippen molar-refractivity contribution in [1.82, 2.24) is 5.32 Å². The third-order valence-corrected chi connectivity index (χ3v) is 5.07. The number of benzene rings is 1. The first-order chi connectivity index (χ1) is 9.79. The van der Waals surface area contributed by atoms with Crippen molar-refractivity contribution in [3.05, 3.63) is 29.8 Å². The van der Waals surface area contributed by atoms with Crippen LogP contribution >= 0.6 is 0 Å². The van der Waals surface area contributed by atoms with Gasteiger partial charge in [-0.25, -0.2) is 0 Å². The van der Waals surface area contributed by atoms with Crippen LogP contribution in [0.3, 0.4) is 0 Å². The first-order valence-electron chi connectivity index (χ1n) is 7.92. The zero-order valence-corrected chi connectivity index (χ0v) is 12.4. The Morgan fingerprint density at radius 1 is 1.30 bits per heavy atom. The van der Waals surface area contributed by atoms with Gasteiger partial charge in [0.25, 0.3) is 0 Å². The van der Waals surface area contributed by atoms with Crippen molar-refractivity contribution in [2.24, 2.45) is 5.92 Å². The van der Waals surface area contributed by atoms with E-state index >= 15 is 0 Å². The summed E-state index contributed by atoms with van der Waals surface area (Å²) in [6.45, 7) is 2.25. The second-order valence-electron chi connectivity index (χ2n) is 6.35. The quantitative estimate of drug-likeness (QED) is 0.864. The Kier molecular flexibility index (Phi) is 3.99. The molecule has 3 heteroatoms. The Bertz CT molecular complexity index is 452. The Labute approximate surface area is 122 Å². The maximum Gasteiger partial charge on any atom is 0.0633 e. The van der Waals surface area contributed by atoms with Gasteiger partial charge >= 0.3 is 0 Å². The number of rotatable bonds is 5. The van der Waals surface area contributed by atoms with E-state index in [1.54, 1.807) is 0 Å². The lowest BCUT2D eigenvalue weighted by Crippen LogP contribution is -2.57. The number of aliphatic hydroxyl groups excluding tert-OH is 1. The van der Waals surface area contributed by atoms with E-state index in [4.69, 9.17) is 0 Å². The van der Waals surface area contributed by atoms with Crippen LogP contribution in [0.25, 0.3) is 0 Å². The molecule has 1 aromatic carbocycles. The Hall–Kier alpha value is -1.06. The molecule has 1 aliphatic heterocycles. The van der Waals surface area contributed by atoms with Gasteiger partial charge in [0.1, 0.15) is 0 Å². The number of anilines is 1. The number of hydrogen-bond donors (Lipinski definition) is 2. The summed E-state index contributed by atoms with van der Waals surface area (Å²) in [7, 11) is 2.00. The summed E-state index contributed by atoms with van der Waals surface area (Å²) in [6, 6.07) is 8.77. The SMILES string of the molecule is CNC(CO)(CN1CCCCc2ccccc21)C1CC1. The van der Waals surface area contributed by atoms with Crippen LogP contribution in [0.15, 0.2) is 24.3 Å². The molecule has 1 atom stereocenters. The zero-order valence-electron chi connectivity index (χ0n) is 12.4. The molecule has 1 unspecified atom stereocenters. The minimum atomic E-state index is -0.128. The number of aliphatic hydroxyl groups is 1. The molecule has 0 saturated heterocycles. The molecule has 1 aromatic rings. The van der Waals surface area contributed by atoms with Crippen molar-refractivity contribution >= 4 is 5.69 Å². The summed E-state index contributed by atoms with van der Waals surface area (Å²) >= 11 is 0. The van der Waals surface area contributed by atoms with Crippen molar-refractivity contribution < 1.29 is 5.11 Å². The van der Waals surface area contributed by atoms with Crippen molar-refractivity contribution in [2.45, 2.75) is 37.6 Å². The van der Waals surface area contributed by atoms with Crippen LogP contribution in [0.5, 0.6) is 0 Å². The summed E-state index contributed by atoms with van der Waals surface area (Å²) in [5, 5.41) is 13.4. The predicted molar refractivity (Wildman–Crippen MR) is 83.2 cm³/mol. The van der Waals surface area contributed by atoms with E-state index in [1.165, 1.54) is 43.4 Å². The zero-order chi connectivity index (χ0) is 14.0. The summed E-state index contributed by atoms with van der Waals surface area (Å²) in [6.07, 6.45) is 6.18. The highest BCUT2D eigenvalue weighted by Gasteiger charge is 2.45. The van der Waals surface area contributed by atoms with E-state index in [0.29, 0.717) is 5.92 Å². The number of hydrogen-bond acceptors (Lipinski definition) is 3. The summed E-state index contributed by atoms with van der Waals surface area (Å²) in [4.78, 5) is 2.49. The predicted octanol–water partition coefficient (Wildman–Crippen LogP) is 2.19. The highest BCUT2D eigenvalue weighted by Crippen LogP contribution is 2.41. The van der Waals surface area contributed by atoms with Crippen molar-refractivity contribution in [3.63, 3.8) is 0 Å². The van der Waals surface area contributed by atoms with Gasteiger partial charge in [0.15, 0.2) is 0 Å². The van der Waals surface area contributed by atoms with Gasteiger partial charge in [0.05, 0.1) is 12.1 Å². The summed E-state index contributed by atoms with van der Waals surface area (Å²) < 4.78 is 0. The maximum atomic E-state index is 9.95. The second kappa shape index (κ2) is 5.74. The normalized spacial score (nSPS) is 22.0. The fourth-order valence-corrected chi connectivity index (χ4v) is 3.58. The van der Waals surface area contributed by atoms with E-state index in [1.807, 2.05) is 7.05 Å². The molecular weight excluding hydrogens is 248 g/mol. The van der Waals surface area contributed by atoms with E-state index in [2.05, 4.69) is 34.5 Å². The van der Waals surface area contributed by atoms with Gasteiger partial charge in [0, 0.05) is 18.8 Å². The Morgan fingerprint density at radius 2 is 2.10 bits per heavy atom. The molecule has 3 rings (SSSR count). The second-order valence-corrected chi connectivity index (χ2v) is 6.35. The van der Waals surface area contributed by atoms with Crippen LogP contribution in [0, 0.1) is 5.92 Å². The van der Waals surface area contributed by atoms with Crippen LogP contribution in [-0.4, -0.2) is 37.4 Å². The molecule has 2 N–H and O–H groups in total. The minimum absolute atomic E-state index is 0.128. The maximum absolute atomic E-state index is 9.95. The van der Waals surface area contributed by atoms with Crippen molar-refractivity contribution in [2.75, 3.05) is 31.6 Å². The van der Waals surface area contributed by atoms with Crippen LogP contribution in [0.4, 0.5) is 5.69 Å². The number of para-hydroxylation sites is 1. The van der Waals surface area contributed by atoms with Crippen molar-refractivity contribution in [3.8, 4) is 0 Å². The topological polar surface area (TPSA) is 35.5 Å². The highest BCUT2D eigenvalue weighted by molar-refractivity contribution is 5.55. The van der Waals surface area contributed by atoms with Crippen LogP contribution in [0.1, 0.15) is 31.2 Å². The lowest BCUT2D eigenvalue weighted by atomic mass is 9.93. The fraction of sp³-hybridized carbons (Fsp3) is 0.647. The standard InChI is InChI=1S/C17H26N2O/c1-18-17(13-20,15-9-10-15)12-19-11-5-4-7-14-6-2-3-8-16(14)19/h2-3,6,8,15,18,20H,4-5,7,9-13H2,1H3. The third kappa shape index (κ3) is 2.57. The lowest BCUT2D eigenvalue weighted by Gasteiger charge is -2.38. The van der Waals surface area contributed by atoms with Gasteiger partial charge in [-0.15, -0.1) is 0 Å². The molecule has 1 saturated carbocycles. The average Bonchev–Trinajstić information content (AvgIpc) is 3.33. The molecule has 1 heterocycles. The highest BCUT2D eigenvalue weighted by atomic mass is 16.3. The molecule has 3 nitrogen and oxygen atoms in total. The average molecular weight is 274 g/mol. The number of likely N-dealkylation sites (N-methyl/N-ethyl adjacent to an activating group) is 1. The smallest absolute Gasteiger partial charge is 0.0633 e. The molecule has 1 aliphatic carbocycles. The van der Waals surface area contributed by atoms with Gasteiger partial charge in [-0.1, -0.05) is 18.2 Å². The Morgan fingerprint density at radius 3 is 2.80 bits per heavy atom. The molecule has 0 bridgehead atoms. The summed E-state index contributed by atoms with van der Waals surface area (Å²) in [5.41, 5.74) is 2.71. The van der Waals surface area contributed by atoms with Gasteiger partial charge in [0.2, 0.25) is 0 Å². The van der Waals surface area contributed by atoms with E-state index in [9.17, 15) is 5.11 Å². The molecule has 0 aromatic heterocycles. The lowest BCUT2D eigenvalue weighted by molar-refractivity contribution is 0.151. The Balaban J connectivity index is 1.85. The first kappa shape index (κ1) is 13.9. The first-order valence-corrected chi connectivity index (χ1v) is 7.92. The molecule has 110 valence electrons. The molecule has 0 spiro atoms. The minimum Gasteiger partial charge on any atom is -0.394 e. The number of fused-ring (bicyclic) bond motifs is 1. The van der Waals surface area contributed by atoms with Gasteiger partial charge in [-0.3, -0.25) is 0 Å². The van der Waals surface area contributed by atoms with E-state index in [-0.39, 0.29) is 12.1 Å². The molecule has 0 radical (unpaired) electrons. The number of nitrogens with one attached hydrogen (secondary N) is 1. The largest absolute Gasteiger partial charge is 0.394 e. The molecule has 1 fully saturated rings. The molecule has 20 heavy (non-hydrogen) atoms. The van der Waals surface area contributed by atoms with Crippen LogP contribution < -0.4 is 10.2 Å². The molecular formula is C17H26N2O. The molecule has 0 amide bonds. The number of aryl methyl sites for hydroxylation is 1. The molecule has 2 aliphatic rings.